The van der Waals surface area contributed by atoms with Crippen LogP contribution in [0.4, 0.5) is 0 Å². The van der Waals surface area contributed by atoms with E-state index in [0.29, 0.717) is 11.1 Å². The van der Waals surface area contributed by atoms with Gasteiger partial charge in [-0.25, -0.2) is 4.98 Å². The van der Waals surface area contributed by atoms with Gasteiger partial charge in [0, 0.05) is 24.0 Å². The van der Waals surface area contributed by atoms with E-state index in [0.717, 1.165) is 42.7 Å². The second-order valence-electron chi connectivity index (χ2n) is 6.74. The maximum absolute atomic E-state index is 12.3. The molecular weight excluding hydrogens is 324 g/mol. The summed E-state index contributed by atoms with van der Waals surface area (Å²) < 4.78 is 0. The van der Waals surface area contributed by atoms with Gasteiger partial charge in [0.15, 0.2) is 0 Å². The van der Waals surface area contributed by atoms with Crippen LogP contribution < -0.4 is 5.32 Å². The molecule has 0 spiro atoms. The summed E-state index contributed by atoms with van der Waals surface area (Å²) in [5.41, 5.74) is 1.87. The molecule has 0 bridgehead atoms. The van der Waals surface area contributed by atoms with Gasteiger partial charge in [-0.2, -0.15) is 0 Å². The van der Waals surface area contributed by atoms with Crippen molar-refractivity contribution in [3.05, 3.63) is 29.0 Å². The van der Waals surface area contributed by atoms with E-state index in [4.69, 9.17) is 11.6 Å². The number of aromatic amines is 1. The van der Waals surface area contributed by atoms with Crippen molar-refractivity contribution >= 4 is 28.5 Å². The highest BCUT2D eigenvalue weighted by molar-refractivity contribution is 6.31. The summed E-state index contributed by atoms with van der Waals surface area (Å²) in [4.78, 5) is 22.3. The van der Waals surface area contributed by atoms with Gasteiger partial charge in [0.05, 0.1) is 17.1 Å². The first-order valence-corrected chi connectivity index (χ1v) is 9.05. The molecular formula is C18H25ClN4O. The lowest BCUT2D eigenvalue weighted by molar-refractivity contribution is -0.126. The standard InChI is InChI=1S/C18H25ClN4O/c1-12(18(24)20-14-5-3-4-6-14)23(2)10-9-17-21-15-8-7-13(19)11-16(15)22-17/h7-8,11-12,14H,3-6,9-10H2,1-2H3,(H,20,24)(H,21,22)/t12-/m1/s1. The van der Waals surface area contributed by atoms with Crippen LogP contribution in [0.3, 0.4) is 0 Å². The number of benzene rings is 1. The molecule has 0 aliphatic heterocycles. The molecule has 2 aromatic rings. The number of hydrogen-bond donors (Lipinski definition) is 2. The average molecular weight is 349 g/mol. The lowest BCUT2D eigenvalue weighted by atomic mass is 10.2. The molecule has 1 aliphatic carbocycles. The van der Waals surface area contributed by atoms with Crippen molar-refractivity contribution in [2.75, 3.05) is 13.6 Å². The Bertz CT molecular complexity index is 708. The van der Waals surface area contributed by atoms with Crippen LogP contribution in [0.25, 0.3) is 11.0 Å². The van der Waals surface area contributed by atoms with E-state index in [1.54, 1.807) is 0 Å². The monoisotopic (exact) mass is 348 g/mol. The molecule has 1 aromatic heterocycles. The van der Waals surface area contributed by atoms with Crippen molar-refractivity contribution < 1.29 is 4.79 Å². The Labute approximate surface area is 147 Å². The lowest BCUT2D eigenvalue weighted by Gasteiger charge is -2.25. The van der Waals surface area contributed by atoms with Gasteiger partial charge in [0.2, 0.25) is 5.91 Å². The molecule has 1 fully saturated rings. The van der Waals surface area contributed by atoms with Crippen molar-refractivity contribution in [1.82, 2.24) is 20.2 Å². The molecule has 0 unspecified atom stereocenters. The number of halogens is 1. The van der Waals surface area contributed by atoms with Gasteiger partial charge in [-0.05, 0) is 45.0 Å². The number of rotatable bonds is 6. The van der Waals surface area contributed by atoms with Crippen LogP contribution in [0.5, 0.6) is 0 Å². The van der Waals surface area contributed by atoms with E-state index in [9.17, 15) is 4.79 Å². The van der Waals surface area contributed by atoms with E-state index in [1.807, 2.05) is 32.2 Å². The second kappa shape index (κ2) is 7.53. The molecule has 1 atom stereocenters. The van der Waals surface area contributed by atoms with E-state index in [2.05, 4.69) is 20.2 Å². The summed E-state index contributed by atoms with van der Waals surface area (Å²) in [6, 6.07) is 5.88. The number of nitrogens with one attached hydrogen (secondary N) is 2. The van der Waals surface area contributed by atoms with Crippen molar-refractivity contribution in [3.8, 4) is 0 Å². The Hall–Kier alpha value is -1.59. The molecule has 2 N–H and O–H groups in total. The molecule has 24 heavy (non-hydrogen) atoms. The van der Waals surface area contributed by atoms with Crippen molar-refractivity contribution in [1.29, 1.82) is 0 Å². The van der Waals surface area contributed by atoms with Crippen LogP contribution >= 0.6 is 11.6 Å². The number of fused-ring (bicyclic) bond motifs is 1. The summed E-state index contributed by atoms with van der Waals surface area (Å²) in [5.74, 6) is 1.04. The highest BCUT2D eigenvalue weighted by Gasteiger charge is 2.23. The molecule has 1 amide bonds. The molecule has 1 aromatic carbocycles. The number of aromatic nitrogens is 2. The zero-order valence-corrected chi connectivity index (χ0v) is 15.1. The maximum Gasteiger partial charge on any atom is 0.237 e. The quantitative estimate of drug-likeness (QED) is 0.843. The van der Waals surface area contributed by atoms with E-state index >= 15 is 0 Å². The maximum atomic E-state index is 12.3. The van der Waals surface area contributed by atoms with Gasteiger partial charge in [-0.15, -0.1) is 0 Å². The lowest BCUT2D eigenvalue weighted by Crippen LogP contribution is -2.46. The summed E-state index contributed by atoms with van der Waals surface area (Å²) in [5, 5.41) is 3.87. The number of nitrogens with zero attached hydrogens (tertiary/aromatic N) is 2. The van der Waals surface area contributed by atoms with Crippen LogP contribution in [0, 0.1) is 0 Å². The zero-order valence-electron chi connectivity index (χ0n) is 14.3. The molecule has 130 valence electrons. The Morgan fingerprint density at radius 2 is 2.21 bits per heavy atom. The van der Waals surface area contributed by atoms with E-state index in [-0.39, 0.29) is 11.9 Å². The summed E-state index contributed by atoms with van der Waals surface area (Å²) in [7, 11) is 1.98. The topological polar surface area (TPSA) is 61.0 Å². The fraction of sp³-hybridized carbons (Fsp3) is 0.556. The fourth-order valence-corrected chi connectivity index (χ4v) is 3.39. The van der Waals surface area contributed by atoms with Gasteiger partial charge < -0.3 is 10.3 Å². The van der Waals surface area contributed by atoms with Gasteiger partial charge >= 0.3 is 0 Å². The smallest absolute Gasteiger partial charge is 0.237 e. The predicted molar refractivity (Wildman–Crippen MR) is 97.3 cm³/mol. The van der Waals surface area contributed by atoms with Gasteiger partial charge in [0.1, 0.15) is 5.82 Å². The minimum Gasteiger partial charge on any atom is -0.352 e. The summed E-state index contributed by atoms with van der Waals surface area (Å²) in [6.07, 6.45) is 5.45. The SMILES string of the molecule is C[C@H](C(=O)NC1CCCC1)N(C)CCc1nc2ccc(Cl)cc2[nH]1. The Morgan fingerprint density at radius 3 is 2.96 bits per heavy atom. The number of amides is 1. The average Bonchev–Trinajstić information content (AvgIpc) is 3.20. The van der Waals surface area contributed by atoms with E-state index in [1.165, 1.54) is 12.8 Å². The number of imidazole rings is 1. The van der Waals surface area contributed by atoms with Crippen molar-refractivity contribution in [2.45, 2.75) is 51.1 Å². The van der Waals surface area contributed by atoms with Crippen LogP contribution in [0.2, 0.25) is 5.02 Å². The van der Waals surface area contributed by atoms with Gasteiger partial charge in [-0.1, -0.05) is 24.4 Å². The zero-order chi connectivity index (χ0) is 17.1. The Kier molecular flexibility index (Phi) is 5.41. The van der Waals surface area contributed by atoms with Crippen LogP contribution in [0.1, 0.15) is 38.4 Å². The highest BCUT2D eigenvalue weighted by atomic mass is 35.5. The normalized spacial score (nSPS) is 16.8. The third-order valence-corrected chi connectivity index (χ3v) is 5.17. The first-order chi connectivity index (χ1) is 11.5. The molecule has 3 rings (SSSR count). The van der Waals surface area contributed by atoms with Gasteiger partial charge in [0.25, 0.3) is 0 Å². The number of carbonyl (C=O) groups is 1. The van der Waals surface area contributed by atoms with Crippen LogP contribution in [-0.4, -0.2) is 46.5 Å². The molecule has 1 heterocycles. The minimum atomic E-state index is -0.135. The number of likely N-dealkylation sites (N-methyl/N-ethyl adjacent to an activating group) is 1. The number of carbonyl (C=O) groups excluding carboxylic acids is 1. The third kappa shape index (κ3) is 4.08. The van der Waals surface area contributed by atoms with Crippen molar-refractivity contribution in [2.24, 2.45) is 0 Å². The second-order valence-corrected chi connectivity index (χ2v) is 7.18. The van der Waals surface area contributed by atoms with Gasteiger partial charge in [-0.3, -0.25) is 9.69 Å². The molecule has 0 saturated heterocycles. The summed E-state index contributed by atoms with van der Waals surface area (Å²) in [6.45, 7) is 2.73. The number of H-pyrrole nitrogens is 1. The fourth-order valence-electron chi connectivity index (χ4n) is 3.22. The predicted octanol–water partition coefficient (Wildman–Crippen LogP) is 3.14. The molecule has 1 aliphatic rings. The Balaban J connectivity index is 1.53. The molecule has 6 heteroatoms. The largest absolute Gasteiger partial charge is 0.352 e. The third-order valence-electron chi connectivity index (χ3n) is 4.94. The van der Waals surface area contributed by atoms with E-state index < -0.39 is 0 Å². The molecule has 0 radical (unpaired) electrons. The first kappa shape index (κ1) is 17.2. The Morgan fingerprint density at radius 1 is 1.46 bits per heavy atom. The highest BCUT2D eigenvalue weighted by Crippen LogP contribution is 2.19. The molecule has 5 nitrogen and oxygen atoms in total. The first-order valence-electron chi connectivity index (χ1n) is 8.67. The van der Waals surface area contributed by atoms with Crippen LogP contribution in [0.15, 0.2) is 18.2 Å². The number of hydrogen-bond acceptors (Lipinski definition) is 3. The van der Waals surface area contributed by atoms with Crippen LogP contribution in [-0.2, 0) is 11.2 Å². The molecule has 1 saturated carbocycles. The summed E-state index contributed by atoms with van der Waals surface area (Å²) >= 11 is 6.00. The minimum absolute atomic E-state index is 0.126. The van der Waals surface area contributed by atoms with Crippen molar-refractivity contribution in [3.63, 3.8) is 0 Å².